The van der Waals surface area contributed by atoms with Gasteiger partial charge in [0.2, 0.25) is 5.89 Å². The first-order chi connectivity index (χ1) is 16.9. The monoisotopic (exact) mass is 493 g/mol. The highest BCUT2D eigenvalue weighted by Gasteiger charge is 2.25. The van der Waals surface area contributed by atoms with Crippen molar-refractivity contribution < 1.29 is 14.0 Å². The van der Waals surface area contributed by atoms with Crippen molar-refractivity contribution in [2.75, 3.05) is 13.7 Å². The quantitative estimate of drug-likeness (QED) is 0.260. The van der Waals surface area contributed by atoms with Crippen LogP contribution in [0.3, 0.4) is 0 Å². The maximum Gasteiger partial charge on any atom is 0.239 e. The van der Waals surface area contributed by atoms with Crippen LogP contribution in [0.5, 0.6) is 5.75 Å². The van der Waals surface area contributed by atoms with Crippen LogP contribution >= 0.6 is 11.8 Å². The summed E-state index contributed by atoms with van der Waals surface area (Å²) in [4.78, 5) is 4.59. The molecule has 8 nitrogen and oxygen atoms in total. The summed E-state index contributed by atoms with van der Waals surface area (Å²) in [6, 6.07) is 18.2. The van der Waals surface area contributed by atoms with E-state index in [0.717, 1.165) is 27.9 Å². The number of nitrogens with zero attached hydrogens (tertiary/aromatic N) is 5. The summed E-state index contributed by atoms with van der Waals surface area (Å²) < 4.78 is 19.1. The van der Waals surface area contributed by atoms with Crippen LogP contribution in [-0.2, 0) is 23.3 Å². The summed E-state index contributed by atoms with van der Waals surface area (Å²) in [5.41, 5.74) is 1.96. The highest BCUT2D eigenvalue weighted by atomic mass is 32.2. The van der Waals surface area contributed by atoms with Gasteiger partial charge in [-0.05, 0) is 18.6 Å². The molecule has 0 spiro atoms. The SMILES string of the molecule is COCCn1c(COc2ccccc2-c2ccccc2)nnc1SC(C)c1nc(C(C)(C)C)no1. The van der Waals surface area contributed by atoms with E-state index in [0.29, 0.717) is 24.9 Å². The fraction of sp³-hybridized carbons (Fsp3) is 0.385. The van der Waals surface area contributed by atoms with Crippen molar-refractivity contribution in [3.05, 3.63) is 72.1 Å². The summed E-state index contributed by atoms with van der Waals surface area (Å²) >= 11 is 1.52. The Morgan fingerprint density at radius 1 is 1.03 bits per heavy atom. The Morgan fingerprint density at radius 2 is 1.77 bits per heavy atom. The molecule has 4 aromatic rings. The van der Waals surface area contributed by atoms with E-state index in [4.69, 9.17) is 14.0 Å². The lowest BCUT2D eigenvalue weighted by atomic mass is 9.96. The summed E-state index contributed by atoms with van der Waals surface area (Å²) in [6.07, 6.45) is 0. The normalized spacial score (nSPS) is 12.6. The van der Waals surface area contributed by atoms with Gasteiger partial charge >= 0.3 is 0 Å². The minimum Gasteiger partial charge on any atom is -0.485 e. The Kier molecular flexibility index (Phi) is 7.87. The molecular formula is C26H31N5O3S. The third-order valence-corrected chi connectivity index (χ3v) is 6.45. The minimum absolute atomic E-state index is 0.0864. The summed E-state index contributed by atoms with van der Waals surface area (Å²) in [5, 5.41) is 13.7. The molecule has 0 saturated heterocycles. The molecule has 2 aromatic carbocycles. The van der Waals surface area contributed by atoms with E-state index in [-0.39, 0.29) is 17.3 Å². The van der Waals surface area contributed by atoms with Gasteiger partial charge < -0.3 is 18.6 Å². The molecule has 0 N–H and O–H groups in total. The van der Waals surface area contributed by atoms with Gasteiger partial charge in [0.05, 0.1) is 11.9 Å². The van der Waals surface area contributed by atoms with Gasteiger partial charge in [-0.2, -0.15) is 4.98 Å². The molecule has 0 bridgehead atoms. The lowest BCUT2D eigenvalue weighted by Crippen LogP contribution is -2.13. The van der Waals surface area contributed by atoms with Crippen LogP contribution in [0, 0.1) is 0 Å². The summed E-state index contributed by atoms with van der Waals surface area (Å²) in [6.45, 7) is 9.61. The number of aromatic nitrogens is 5. The fourth-order valence-electron chi connectivity index (χ4n) is 3.42. The van der Waals surface area contributed by atoms with Crippen molar-refractivity contribution in [1.29, 1.82) is 0 Å². The molecule has 4 rings (SSSR count). The van der Waals surface area contributed by atoms with Crippen molar-refractivity contribution in [3.63, 3.8) is 0 Å². The number of hydrogen-bond donors (Lipinski definition) is 0. The van der Waals surface area contributed by atoms with Crippen molar-refractivity contribution >= 4 is 11.8 Å². The zero-order valence-electron chi connectivity index (χ0n) is 20.8. The molecule has 184 valence electrons. The third-order valence-electron chi connectivity index (χ3n) is 5.38. The van der Waals surface area contributed by atoms with E-state index in [1.807, 2.05) is 47.9 Å². The largest absolute Gasteiger partial charge is 0.485 e. The van der Waals surface area contributed by atoms with Gasteiger partial charge in [0.15, 0.2) is 16.8 Å². The maximum absolute atomic E-state index is 6.23. The zero-order valence-corrected chi connectivity index (χ0v) is 21.6. The first-order valence-corrected chi connectivity index (χ1v) is 12.4. The second kappa shape index (κ2) is 11.0. The van der Waals surface area contributed by atoms with E-state index in [1.54, 1.807) is 7.11 Å². The van der Waals surface area contributed by atoms with Crippen LogP contribution in [0.1, 0.15) is 50.5 Å². The molecule has 0 fully saturated rings. The van der Waals surface area contributed by atoms with Gasteiger partial charge in [-0.25, -0.2) is 0 Å². The number of thioether (sulfide) groups is 1. The number of hydrogen-bond acceptors (Lipinski definition) is 8. The highest BCUT2D eigenvalue weighted by molar-refractivity contribution is 7.99. The molecule has 1 unspecified atom stereocenters. The minimum atomic E-state index is -0.175. The van der Waals surface area contributed by atoms with Crippen molar-refractivity contribution in [2.24, 2.45) is 0 Å². The standard InChI is InChI=1S/C26H31N5O3S/c1-18(23-27-24(30-34-23)26(2,3)4)35-25-29-28-22(31(25)15-16-32-5)17-33-21-14-10-9-13-20(21)19-11-7-6-8-12-19/h6-14,18H,15-17H2,1-5H3. The van der Waals surface area contributed by atoms with Crippen LogP contribution < -0.4 is 4.74 Å². The number of ether oxygens (including phenoxy) is 2. The smallest absolute Gasteiger partial charge is 0.239 e. The Morgan fingerprint density at radius 3 is 2.49 bits per heavy atom. The Balaban J connectivity index is 1.52. The van der Waals surface area contributed by atoms with Crippen molar-refractivity contribution in [2.45, 2.75) is 56.7 Å². The molecule has 0 radical (unpaired) electrons. The first-order valence-electron chi connectivity index (χ1n) is 11.6. The van der Waals surface area contributed by atoms with E-state index in [2.05, 4.69) is 59.3 Å². The molecular weight excluding hydrogens is 462 g/mol. The number of methoxy groups -OCH3 is 1. The van der Waals surface area contributed by atoms with Gasteiger partial charge in [-0.1, -0.05) is 86.2 Å². The van der Waals surface area contributed by atoms with Crippen molar-refractivity contribution in [1.82, 2.24) is 24.9 Å². The molecule has 2 heterocycles. The predicted octanol–water partition coefficient (Wildman–Crippen LogP) is 5.70. The van der Waals surface area contributed by atoms with Crippen LogP contribution in [-0.4, -0.2) is 38.6 Å². The number of para-hydroxylation sites is 1. The molecule has 0 aliphatic carbocycles. The number of benzene rings is 2. The molecule has 1 atom stereocenters. The lowest BCUT2D eigenvalue weighted by molar-refractivity contribution is 0.181. The maximum atomic E-state index is 6.23. The van der Waals surface area contributed by atoms with E-state index in [1.165, 1.54) is 11.8 Å². The second-order valence-electron chi connectivity index (χ2n) is 9.16. The molecule has 9 heteroatoms. The first kappa shape index (κ1) is 24.9. The average Bonchev–Trinajstić information content (AvgIpc) is 3.50. The number of rotatable bonds is 10. The fourth-order valence-corrected chi connectivity index (χ4v) is 4.35. The Hall–Kier alpha value is -3.17. The molecule has 0 aliphatic rings. The van der Waals surface area contributed by atoms with E-state index < -0.39 is 0 Å². The third kappa shape index (κ3) is 6.10. The average molecular weight is 494 g/mol. The molecule has 0 saturated carbocycles. The van der Waals surface area contributed by atoms with Gasteiger partial charge in [-0.15, -0.1) is 10.2 Å². The zero-order chi connectivity index (χ0) is 24.8. The highest BCUT2D eigenvalue weighted by Crippen LogP contribution is 2.35. The van der Waals surface area contributed by atoms with Crippen molar-refractivity contribution in [3.8, 4) is 16.9 Å². The van der Waals surface area contributed by atoms with Crippen LogP contribution in [0.2, 0.25) is 0 Å². The van der Waals surface area contributed by atoms with E-state index >= 15 is 0 Å². The lowest BCUT2D eigenvalue weighted by Gasteiger charge is -2.14. The van der Waals surface area contributed by atoms with Crippen LogP contribution in [0.4, 0.5) is 0 Å². The molecule has 0 amide bonds. The van der Waals surface area contributed by atoms with Gasteiger partial charge in [0.1, 0.15) is 12.4 Å². The van der Waals surface area contributed by atoms with E-state index in [9.17, 15) is 0 Å². The molecule has 2 aromatic heterocycles. The Labute approximate surface area is 210 Å². The summed E-state index contributed by atoms with van der Waals surface area (Å²) in [5.74, 6) is 2.77. The molecule has 0 aliphatic heterocycles. The Bertz CT molecular complexity index is 1230. The molecule has 35 heavy (non-hydrogen) atoms. The topological polar surface area (TPSA) is 88.1 Å². The van der Waals surface area contributed by atoms with Gasteiger partial charge in [0.25, 0.3) is 0 Å². The summed E-state index contributed by atoms with van der Waals surface area (Å²) in [7, 11) is 1.68. The second-order valence-corrected chi connectivity index (χ2v) is 10.5. The van der Waals surface area contributed by atoms with Gasteiger partial charge in [0, 0.05) is 24.6 Å². The van der Waals surface area contributed by atoms with Gasteiger partial charge in [-0.3, -0.25) is 0 Å². The predicted molar refractivity (Wildman–Crippen MR) is 135 cm³/mol. The van der Waals surface area contributed by atoms with Crippen LogP contribution in [0.15, 0.2) is 64.3 Å². The van der Waals surface area contributed by atoms with Crippen LogP contribution in [0.25, 0.3) is 11.1 Å².